The molecule has 57 heavy (non-hydrogen) atoms. The van der Waals surface area contributed by atoms with Gasteiger partial charge in [0.15, 0.2) is 12.6 Å². The Balaban J connectivity index is 1.34. The van der Waals surface area contributed by atoms with Gasteiger partial charge in [-0.1, -0.05) is 26.8 Å². The third-order valence-electron chi connectivity index (χ3n) is 15.4. The van der Waals surface area contributed by atoms with Crippen LogP contribution in [0.25, 0.3) is 0 Å². The van der Waals surface area contributed by atoms with Crippen molar-refractivity contribution >= 4 is 5.97 Å². The van der Waals surface area contributed by atoms with Crippen molar-refractivity contribution < 1.29 is 84.7 Å². The highest BCUT2D eigenvalue weighted by atomic mass is 16.8. The maximum Gasteiger partial charge on any atom is 0.309 e. The van der Waals surface area contributed by atoms with E-state index >= 15 is 0 Å². The largest absolute Gasteiger partial charge is 0.481 e. The van der Waals surface area contributed by atoms with Crippen LogP contribution in [0.1, 0.15) is 85.5 Å². The summed E-state index contributed by atoms with van der Waals surface area (Å²) < 4.78 is 31.3. The third-order valence-corrected chi connectivity index (χ3v) is 15.4. The lowest BCUT2D eigenvalue weighted by atomic mass is 9.42. The number of rotatable bonds is 10. The fourth-order valence-electron chi connectivity index (χ4n) is 11.8. The van der Waals surface area contributed by atoms with Gasteiger partial charge in [0.05, 0.1) is 36.4 Å². The first-order valence-electron chi connectivity index (χ1n) is 20.5. The van der Waals surface area contributed by atoms with Crippen molar-refractivity contribution in [3.05, 3.63) is 12.2 Å². The maximum absolute atomic E-state index is 12.7. The molecule has 2 saturated heterocycles. The number of aliphatic carboxylic acids is 1. The smallest absolute Gasteiger partial charge is 0.309 e. The molecule has 6 rings (SSSR count). The number of aliphatic hydroxyl groups excluding tert-OH is 10. The molecule has 0 spiro atoms. The van der Waals surface area contributed by atoms with Gasteiger partial charge in [0, 0.05) is 12.5 Å². The fourth-order valence-corrected chi connectivity index (χ4v) is 11.8. The summed E-state index contributed by atoms with van der Waals surface area (Å²) in [4.78, 5) is 12.7. The van der Waals surface area contributed by atoms with Crippen molar-refractivity contribution in [2.45, 2.75) is 177 Å². The van der Waals surface area contributed by atoms with Crippen molar-refractivity contribution in [3.63, 3.8) is 0 Å². The lowest BCUT2D eigenvalue weighted by molar-refractivity contribution is -0.384. The molecule has 0 aromatic rings. The lowest BCUT2D eigenvalue weighted by Crippen LogP contribution is -2.67. The molecule has 4 aliphatic carbocycles. The van der Waals surface area contributed by atoms with Crippen LogP contribution in [-0.4, -0.2) is 173 Å². The molecule has 6 fully saturated rings. The van der Waals surface area contributed by atoms with Crippen LogP contribution < -0.4 is 0 Å². The normalized spacial score (nSPS) is 53.4. The average Bonchev–Trinajstić information content (AvgIpc) is 3.26. The summed E-state index contributed by atoms with van der Waals surface area (Å²) in [5, 5.41) is 117. The van der Waals surface area contributed by atoms with Gasteiger partial charge in [-0.25, -0.2) is 0 Å². The van der Waals surface area contributed by atoms with E-state index in [0.717, 1.165) is 31.3 Å². The molecule has 21 atom stereocenters. The minimum absolute atomic E-state index is 0.0317. The number of aliphatic hydroxyl groups is 10. The van der Waals surface area contributed by atoms with E-state index in [1.54, 1.807) is 0 Å². The second-order valence-electron chi connectivity index (χ2n) is 18.9. The number of fused-ring (bicyclic) bond motifs is 3. The molecule has 17 unspecified atom stereocenters. The highest BCUT2D eigenvalue weighted by Gasteiger charge is 2.63. The highest BCUT2D eigenvalue weighted by molar-refractivity contribution is 5.75. The molecule has 328 valence electrons. The van der Waals surface area contributed by atoms with E-state index in [1.807, 2.05) is 13.8 Å². The molecular weight excluding hydrogens is 752 g/mol. The topological polar surface area (TPSA) is 286 Å². The fraction of sp³-hybridized carbons (Fsp3) is 0.925. The molecule has 2 aliphatic heterocycles. The molecule has 0 radical (unpaired) electrons. The Morgan fingerprint density at radius 1 is 0.702 bits per heavy atom. The molecule has 11 N–H and O–H groups in total. The number of ether oxygens (including phenoxy) is 5. The minimum Gasteiger partial charge on any atom is -0.481 e. The van der Waals surface area contributed by atoms with Gasteiger partial charge < -0.3 is 79.9 Å². The Morgan fingerprint density at radius 3 is 1.95 bits per heavy atom. The van der Waals surface area contributed by atoms with Crippen molar-refractivity contribution in [1.29, 1.82) is 0 Å². The third kappa shape index (κ3) is 7.87. The van der Waals surface area contributed by atoms with Crippen molar-refractivity contribution in [3.8, 4) is 0 Å². The molecule has 0 aromatic carbocycles. The van der Waals surface area contributed by atoms with E-state index in [-0.39, 0.29) is 29.1 Å². The zero-order valence-corrected chi connectivity index (χ0v) is 33.4. The standard InChI is InChI=1S/C40H66O17/c1-18-14-37(2)11-7-24-38(3,9-6-10-39(24,4)36(51)52)23(37)8-12-40(18,5)57-35-33(56-34-31(50)30(49)27(46)21(16-42)54-34)32(28(47)22(17-43)55-35)53-20-13-19(15-41)25(44)29(48)26(20)45/h19-35,41-50H,1,6-17H2,2-5H3,(H,51,52)/t19?,20?,21?,22?,23?,24?,25?,26?,27?,28?,29?,30?,31?,32?,33?,34?,35?,37-,38+,39-,40-/m1/s1. The lowest BCUT2D eigenvalue weighted by Gasteiger charge is -2.62. The molecular formula is C40H66O17. The predicted molar refractivity (Wildman–Crippen MR) is 197 cm³/mol. The minimum atomic E-state index is -1.89. The van der Waals surface area contributed by atoms with Gasteiger partial charge in [0.1, 0.15) is 61.0 Å². The Hall–Kier alpha value is -1.39. The molecule has 17 heteroatoms. The summed E-state index contributed by atoms with van der Waals surface area (Å²) in [5.74, 6) is -1.62. The van der Waals surface area contributed by atoms with Gasteiger partial charge >= 0.3 is 5.97 Å². The molecule has 2 heterocycles. The predicted octanol–water partition coefficient (Wildman–Crippen LogP) is -1.07. The quantitative estimate of drug-likeness (QED) is 0.117. The number of hydrogen-bond acceptors (Lipinski definition) is 16. The molecule has 4 saturated carbocycles. The average molecular weight is 819 g/mol. The van der Waals surface area contributed by atoms with Crippen LogP contribution in [0.4, 0.5) is 0 Å². The Labute approximate surface area is 333 Å². The van der Waals surface area contributed by atoms with Crippen molar-refractivity contribution in [2.24, 2.45) is 34.0 Å². The summed E-state index contributed by atoms with van der Waals surface area (Å²) in [6.07, 6.45) is -17.3. The van der Waals surface area contributed by atoms with Gasteiger partial charge in [-0.2, -0.15) is 0 Å². The van der Waals surface area contributed by atoms with Gasteiger partial charge in [-0.3, -0.25) is 4.79 Å². The Morgan fingerprint density at radius 2 is 1.32 bits per heavy atom. The van der Waals surface area contributed by atoms with E-state index < -0.39 is 129 Å². The Bertz CT molecular complexity index is 1430. The van der Waals surface area contributed by atoms with Crippen LogP contribution in [0.2, 0.25) is 0 Å². The molecule has 6 aliphatic rings. The second-order valence-corrected chi connectivity index (χ2v) is 18.9. The van der Waals surface area contributed by atoms with Crippen LogP contribution in [0, 0.1) is 34.0 Å². The van der Waals surface area contributed by atoms with Gasteiger partial charge in [0.25, 0.3) is 0 Å². The SMILES string of the molecule is C=C1C[C@@]2(C)CCC3[C@@](C)(CCC[C@@]3(C)C(=O)O)C2CC[C@@]1(C)OC1OC(CO)C(O)C(OC2CC(CO)C(O)C(O)C2O)C1OC1OC(CO)C(O)C(O)C1O. The summed E-state index contributed by atoms with van der Waals surface area (Å²) in [5.41, 5.74) is -1.82. The van der Waals surface area contributed by atoms with E-state index in [4.69, 9.17) is 23.7 Å². The number of carboxylic acid groups (broad SMARTS) is 1. The molecule has 0 bridgehead atoms. The first-order valence-corrected chi connectivity index (χ1v) is 20.5. The van der Waals surface area contributed by atoms with E-state index in [1.165, 1.54) is 0 Å². The van der Waals surface area contributed by atoms with Crippen LogP contribution in [0.3, 0.4) is 0 Å². The van der Waals surface area contributed by atoms with Gasteiger partial charge in [-0.15, -0.1) is 0 Å². The number of hydrogen-bond donors (Lipinski definition) is 11. The first kappa shape index (κ1) is 45.1. The van der Waals surface area contributed by atoms with Gasteiger partial charge in [-0.05, 0) is 93.5 Å². The highest BCUT2D eigenvalue weighted by Crippen LogP contribution is 2.68. The zero-order valence-electron chi connectivity index (χ0n) is 33.4. The van der Waals surface area contributed by atoms with E-state index in [0.29, 0.717) is 25.7 Å². The first-order chi connectivity index (χ1) is 26.7. The summed E-state index contributed by atoms with van der Waals surface area (Å²) in [6, 6.07) is 0. The van der Waals surface area contributed by atoms with E-state index in [9.17, 15) is 61.0 Å². The molecule has 0 aromatic heterocycles. The van der Waals surface area contributed by atoms with Crippen LogP contribution in [0.5, 0.6) is 0 Å². The zero-order chi connectivity index (χ0) is 42.0. The maximum atomic E-state index is 12.7. The summed E-state index contributed by atoms with van der Waals surface area (Å²) in [7, 11) is 0. The van der Waals surface area contributed by atoms with E-state index in [2.05, 4.69) is 20.4 Å². The van der Waals surface area contributed by atoms with Crippen molar-refractivity contribution in [2.75, 3.05) is 19.8 Å². The summed E-state index contributed by atoms with van der Waals surface area (Å²) in [6.45, 7) is 10.6. The van der Waals surface area contributed by atoms with Crippen LogP contribution in [-0.2, 0) is 28.5 Å². The van der Waals surface area contributed by atoms with Crippen LogP contribution >= 0.6 is 0 Å². The summed E-state index contributed by atoms with van der Waals surface area (Å²) >= 11 is 0. The monoisotopic (exact) mass is 818 g/mol. The van der Waals surface area contributed by atoms with Gasteiger partial charge in [0.2, 0.25) is 0 Å². The molecule has 17 nitrogen and oxygen atoms in total. The van der Waals surface area contributed by atoms with Crippen molar-refractivity contribution in [1.82, 2.24) is 0 Å². The number of carboxylic acids is 1. The Kier molecular flexibility index (Phi) is 13.3. The van der Waals surface area contributed by atoms with Crippen LogP contribution in [0.15, 0.2) is 12.2 Å². The number of carbonyl (C=O) groups is 1. The second kappa shape index (κ2) is 16.8. The molecule has 0 amide bonds.